The molecule has 0 saturated carbocycles. The third kappa shape index (κ3) is 2.98. The Kier molecular flexibility index (Phi) is 3.72. The van der Waals surface area contributed by atoms with Crippen LogP contribution >= 0.6 is 0 Å². The first-order valence-corrected chi connectivity index (χ1v) is 4.64. The van der Waals surface area contributed by atoms with Gasteiger partial charge in [-0.2, -0.15) is 0 Å². The largest absolute Gasteiger partial charge is 0.294 e. The Labute approximate surface area is 87.4 Å². The maximum Gasteiger partial charge on any atom is 0.169 e. The molecule has 3 heteroatoms. The fraction of sp³-hybridized carbons (Fsp3) is 0.250. The van der Waals surface area contributed by atoms with Gasteiger partial charge >= 0.3 is 0 Å². The minimum atomic E-state index is -1.07. The van der Waals surface area contributed by atoms with Crippen LogP contribution in [0.3, 0.4) is 0 Å². The molecule has 1 rings (SSSR count). The summed E-state index contributed by atoms with van der Waals surface area (Å²) in [6, 6.07) is 3.61. The van der Waals surface area contributed by atoms with Gasteiger partial charge in [0.1, 0.15) is 0 Å². The lowest BCUT2D eigenvalue weighted by Crippen LogP contribution is -2.04. The third-order valence-corrected chi connectivity index (χ3v) is 2.03. The average Bonchev–Trinajstić information content (AvgIpc) is 2.18. The summed E-state index contributed by atoms with van der Waals surface area (Å²) in [6.45, 7) is 5.43. The molecule has 1 aromatic rings. The van der Waals surface area contributed by atoms with Crippen LogP contribution in [0.5, 0.6) is 0 Å². The number of halogens is 2. The van der Waals surface area contributed by atoms with E-state index in [0.717, 1.165) is 11.6 Å². The molecule has 0 N–H and O–H groups in total. The van der Waals surface area contributed by atoms with Gasteiger partial charge in [0.2, 0.25) is 0 Å². The molecule has 0 aliphatic rings. The van der Waals surface area contributed by atoms with Gasteiger partial charge in [0.25, 0.3) is 0 Å². The molecule has 15 heavy (non-hydrogen) atoms. The number of Topliss-reactive ketones (excluding diaryl/α,β-unsaturated/α-hetero) is 1. The zero-order chi connectivity index (χ0) is 11.4. The first kappa shape index (κ1) is 11.6. The smallest absolute Gasteiger partial charge is 0.169 e. The van der Waals surface area contributed by atoms with Crippen molar-refractivity contribution in [3.8, 4) is 0 Å². The summed E-state index contributed by atoms with van der Waals surface area (Å²) in [5.41, 5.74) is 0.663. The van der Waals surface area contributed by atoms with E-state index in [4.69, 9.17) is 0 Å². The van der Waals surface area contributed by atoms with Gasteiger partial charge in [-0.1, -0.05) is 11.6 Å². The van der Waals surface area contributed by atoms with Crippen LogP contribution in [-0.2, 0) is 0 Å². The lowest BCUT2D eigenvalue weighted by molar-refractivity contribution is 0.0978. The highest BCUT2D eigenvalue weighted by Crippen LogP contribution is 2.15. The van der Waals surface area contributed by atoms with E-state index in [1.54, 1.807) is 6.92 Å². The van der Waals surface area contributed by atoms with Gasteiger partial charge in [0.05, 0.1) is 5.56 Å². The van der Waals surface area contributed by atoms with Crippen LogP contribution < -0.4 is 0 Å². The molecule has 0 saturated heterocycles. The van der Waals surface area contributed by atoms with Crippen molar-refractivity contribution in [2.24, 2.45) is 0 Å². The molecule has 0 aliphatic carbocycles. The quantitative estimate of drug-likeness (QED) is 0.549. The second-order valence-corrected chi connectivity index (χ2v) is 3.48. The molecule has 0 heterocycles. The number of hydrogen-bond acceptors (Lipinski definition) is 1. The van der Waals surface area contributed by atoms with Crippen molar-refractivity contribution in [1.29, 1.82) is 0 Å². The van der Waals surface area contributed by atoms with E-state index < -0.39 is 17.4 Å². The lowest BCUT2D eigenvalue weighted by atomic mass is 10.0. The number of carbonyl (C=O) groups is 1. The summed E-state index contributed by atoms with van der Waals surface area (Å²) in [4.78, 5) is 11.5. The summed E-state index contributed by atoms with van der Waals surface area (Å²) < 4.78 is 26.0. The summed E-state index contributed by atoms with van der Waals surface area (Å²) in [6.07, 6.45) is 0.657. The summed E-state index contributed by atoms with van der Waals surface area (Å²) in [5.74, 6) is -2.45. The first-order chi connectivity index (χ1) is 7.02. The predicted octanol–water partition coefficient (Wildman–Crippen LogP) is 3.50. The van der Waals surface area contributed by atoms with E-state index in [1.807, 2.05) is 0 Å². The van der Waals surface area contributed by atoms with Crippen LogP contribution in [0, 0.1) is 11.6 Å². The fourth-order valence-corrected chi connectivity index (χ4v) is 1.18. The second kappa shape index (κ2) is 4.82. The van der Waals surface area contributed by atoms with E-state index in [-0.39, 0.29) is 12.0 Å². The number of hydrogen-bond donors (Lipinski definition) is 0. The molecule has 0 radical (unpaired) electrons. The van der Waals surface area contributed by atoms with Gasteiger partial charge in [0, 0.05) is 6.42 Å². The minimum absolute atomic E-state index is 0.162. The zero-order valence-corrected chi connectivity index (χ0v) is 8.52. The molecule has 0 fully saturated rings. The van der Waals surface area contributed by atoms with E-state index in [2.05, 4.69) is 6.58 Å². The first-order valence-electron chi connectivity index (χ1n) is 4.64. The molecule has 80 valence electrons. The van der Waals surface area contributed by atoms with E-state index in [1.165, 1.54) is 12.1 Å². The lowest BCUT2D eigenvalue weighted by Gasteiger charge is -2.02. The average molecular weight is 210 g/mol. The highest BCUT2D eigenvalue weighted by atomic mass is 19.2. The SMILES string of the molecule is C=C(C)CCC(=O)c1cccc(F)c1F. The van der Waals surface area contributed by atoms with E-state index in [9.17, 15) is 13.6 Å². The van der Waals surface area contributed by atoms with Crippen LogP contribution in [0.4, 0.5) is 8.78 Å². The van der Waals surface area contributed by atoms with Crippen LogP contribution in [0.1, 0.15) is 30.1 Å². The maximum atomic E-state index is 13.2. The van der Waals surface area contributed by atoms with Crippen molar-refractivity contribution < 1.29 is 13.6 Å². The Morgan fingerprint density at radius 3 is 2.60 bits per heavy atom. The van der Waals surface area contributed by atoms with Gasteiger partial charge < -0.3 is 0 Å². The molecule has 1 aromatic carbocycles. The predicted molar refractivity (Wildman–Crippen MR) is 54.7 cm³/mol. The van der Waals surface area contributed by atoms with Crippen molar-refractivity contribution in [3.05, 3.63) is 47.5 Å². The van der Waals surface area contributed by atoms with Crippen molar-refractivity contribution in [3.63, 3.8) is 0 Å². The van der Waals surface area contributed by atoms with Crippen LogP contribution in [-0.4, -0.2) is 5.78 Å². The Morgan fingerprint density at radius 1 is 1.33 bits per heavy atom. The van der Waals surface area contributed by atoms with Crippen LogP contribution in [0.25, 0.3) is 0 Å². The molecule has 0 atom stereocenters. The molecular weight excluding hydrogens is 198 g/mol. The van der Waals surface area contributed by atoms with Gasteiger partial charge in [-0.3, -0.25) is 4.79 Å². The zero-order valence-electron chi connectivity index (χ0n) is 8.52. The number of carbonyl (C=O) groups excluding carboxylic acids is 1. The highest BCUT2D eigenvalue weighted by molar-refractivity contribution is 5.96. The fourth-order valence-electron chi connectivity index (χ4n) is 1.18. The van der Waals surface area contributed by atoms with Crippen LogP contribution in [0.2, 0.25) is 0 Å². The summed E-state index contributed by atoms with van der Waals surface area (Å²) in [7, 11) is 0. The minimum Gasteiger partial charge on any atom is -0.294 e. The van der Waals surface area contributed by atoms with Crippen molar-refractivity contribution in [1.82, 2.24) is 0 Å². The number of rotatable bonds is 4. The van der Waals surface area contributed by atoms with Gasteiger partial charge in [-0.25, -0.2) is 8.78 Å². The molecule has 1 nitrogen and oxygen atoms in total. The molecule has 0 amide bonds. The normalized spacial score (nSPS) is 10.1. The molecule has 0 bridgehead atoms. The van der Waals surface area contributed by atoms with Gasteiger partial charge in [-0.05, 0) is 25.5 Å². The third-order valence-electron chi connectivity index (χ3n) is 2.03. The summed E-state index contributed by atoms with van der Waals surface area (Å²) in [5, 5.41) is 0. The topological polar surface area (TPSA) is 17.1 Å². The van der Waals surface area contributed by atoms with Gasteiger partial charge in [0.15, 0.2) is 17.4 Å². The second-order valence-electron chi connectivity index (χ2n) is 3.48. The van der Waals surface area contributed by atoms with Crippen molar-refractivity contribution >= 4 is 5.78 Å². The Balaban J connectivity index is 2.82. The monoisotopic (exact) mass is 210 g/mol. The molecular formula is C12H12F2O. The molecule has 0 aromatic heterocycles. The number of allylic oxidation sites excluding steroid dienone is 1. The number of benzene rings is 1. The van der Waals surface area contributed by atoms with Crippen molar-refractivity contribution in [2.75, 3.05) is 0 Å². The van der Waals surface area contributed by atoms with E-state index >= 15 is 0 Å². The van der Waals surface area contributed by atoms with Crippen molar-refractivity contribution in [2.45, 2.75) is 19.8 Å². The van der Waals surface area contributed by atoms with Gasteiger partial charge in [-0.15, -0.1) is 6.58 Å². The standard InChI is InChI=1S/C12H12F2O/c1-8(2)6-7-11(15)9-4-3-5-10(13)12(9)14/h3-5H,1,6-7H2,2H3. The Hall–Kier alpha value is -1.51. The molecule has 0 unspecified atom stereocenters. The molecule has 0 spiro atoms. The number of ketones is 1. The Bertz CT molecular complexity index is 397. The maximum absolute atomic E-state index is 13.2. The van der Waals surface area contributed by atoms with Crippen LogP contribution in [0.15, 0.2) is 30.4 Å². The summed E-state index contributed by atoms with van der Waals surface area (Å²) >= 11 is 0. The Morgan fingerprint density at radius 2 is 2.00 bits per heavy atom. The highest BCUT2D eigenvalue weighted by Gasteiger charge is 2.14. The van der Waals surface area contributed by atoms with E-state index in [0.29, 0.717) is 6.42 Å². The molecule has 0 aliphatic heterocycles.